The van der Waals surface area contributed by atoms with Gasteiger partial charge in [-0.3, -0.25) is 4.90 Å². The first-order valence-corrected chi connectivity index (χ1v) is 11.1. The lowest BCUT2D eigenvalue weighted by atomic mass is 9.71. The van der Waals surface area contributed by atoms with Gasteiger partial charge in [0, 0.05) is 52.0 Å². The van der Waals surface area contributed by atoms with Gasteiger partial charge in [-0.05, 0) is 63.1 Å². The molecular weight excluding hydrogens is 376 g/mol. The van der Waals surface area contributed by atoms with Crippen molar-refractivity contribution in [2.45, 2.75) is 58.5 Å². The van der Waals surface area contributed by atoms with E-state index in [0.717, 1.165) is 43.5 Å². The summed E-state index contributed by atoms with van der Waals surface area (Å²) in [6, 6.07) is 4.65. The van der Waals surface area contributed by atoms with E-state index in [1.807, 2.05) is 37.7 Å². The lowest BCUT2D eigenvalue weighted by Gasteiger charge is -2.48. The monoisotopic (exact) mass is 412 g/mol. The number of fused-ring (bicyclic) bond motifs is 1. The van der Waals surface area contributed by atoms with Crippen LogP contribution in [0.5, 0.6) is 0 Å². The van der Waals surface area contributed by atoms with Gasteiger partial charge >= 0.3 is 6.03 Å². The molecule has 7 nitrogen and oxygen atoms in total. The Kier molecular flexibility index (Phi) is 8.74. The quantitative estimate of drug-likeness (QED) is 0.678. The van der Waals surface area contributed by atoms with Gasteiger partial charge in [-0.15, -0.1) is 0 Å². The number of hydrogen-bond acceptors (Lipinski definition) is 5. The number of nitrogens with one attached hydrogen (secondary N) is 1. The number of urea groups is 1. The van der Waals surface area contributed by atoms with Crippen molar-refractivity contribution < 1.29 is 4.79 Å². The highest BCUT2D eigenvalue weighted by Gasteiger charge is 2.41. The van der Waals surface area contributed by atoms with Gasteiger partial charge < -0.3 is 15.1 Å². The topological polar surface area (TPSA) is 86.4 Å². The molecule has 1 heterocycles. The van der Waals surface area contributed by atoms with Crippen LogP contribution in [-0.2, 0) is 0 Å². The lowest BCUT2D eigenvalue weighted by Crippen LogP contribution is -2.58. The van der Waals surface area contributed by atoms with Crippen LogP contribution in [0.1, 0.15) is 46.5 Å². The van der Waals surface area contributed by atoms with E-state index in [-0.39, 0.29) is 17.6 Å². The maximum atomic E-state index is 12.6. The molecule has 1 N–H and O–H groups in total. The third-order valence-electron chi connectivity index (χ3n) is 6.17. The molecule has 2 rings (SSSR count). The van der Waals surface area contributed by atoms with Crippen LogP contribution in [0, 0.1) is 28.6 Å². The van der Waals surface area contributed by atoms with Gasteiger partial charge in [0.25, 0.3) is 0 Å². The molecule has 0 aromatic carbocycles. The van der Waals surface area contributed by atoms with Crippen molar-refractivity contribution >= 4 is 6.03 Å². The number of piperidine rings is 1. The van der Waals surface area contributed by atoms with Crippen LogP contribution in [0.3, 0.4) is 0 Å². The normalized spacial score (nSPS) is 25.1. The first kappa shape index (κ1) is 23.8. The highest BCUT2D eigenvalue weighted by atomic mass is 16.2. The molecule has 0 unspecified atom stereocenters. The smallest absolute Gasteiger partial charge is 0.317 e. The molecule has 2 amide bonds. The maximum absolute atomic E-state index is 12.6. The molecular formula is C23H36N6O. The maximum Gasteiger partial charge on any atom is 0.317 e. The van der Waals surface area contributed by atoms with E-state index in [1.165, 1.54) is 0 Å². The van der Waals surface area contributed by atoms with Crippen LogP contribution in [0.15, 0.2) is 22.9 Å². The van der Waals surface area contributed by atoms with Crippen LogP contribution >= 0.6 is 0 Å². The molecule has 30 heavy (non-hydrogen) atoms. The zero-order valence-electron chi connectivity index (χ0n) is 19.1. The van der Waals surface area contributed by atoms with Crippen LogP contribution in [0.4, 0.5) is 4.79 Å². The van der Waals surface area contributed by atoms with E-state index >= 15 is 0 Å². The number of nitriles is 2. The number of likely N-dealkylation sites (tertiary alicyclic amines) is 1. The molecule has 164 valence electrons. The predicted molar refractivity (Wildman–Crippen MR) is 118 cm³/mol. The minimum absolute atomic E-state index is 0.00518. The fourth-order valence-electron chi connectivity index (χ4n) is 4.86. The summed E-state index contributed by atoms with van der Waals surface area (Å²) >= 11 is 0. The number of hydrogen-bond donors (Lipinski definition) is 1. The number of rotatable bonds is 6. The van der Waals surface area contributed by atoms with Gasteiger partial charge in [0.2, 0.25) is 0 Å². The number of carbonyl (C=O) groups excluding carboxylic acids is 1. The number of carbonyl (C=O) groups is 1. The van der Waals surface area contributed by atoms with Crippen molar-refractivity contribution in [2.24, 2.45) is 5.92 Å². The molecule has 1 aliphatic heterocycles. The molecule has 1 aliphatic carbocycles. The summed E-state index contributed by atoms with van der Waals surface area (Å²) in [6.07, 6.45) is 5.52. The first-order chi connectivity index (χ1) is 14.4. The van der Waals surface area contributed by atoms with Gasteiger partial charge in [0.15, 0.2) is 0 Å². The highest BCUT2D eigenvalue weighted by Crippen LogP contribution is 2.42. The van der Waals surface area contributed by atoms with Crippen molar-refractivity contribution in [2.75, 3.05) is 40.3 Å². The summed E-state index contributed by atoms with van der Waals surface area (Å²) in [7, 11) is 3.94. The van der Waals surface area contributed by atoms with E-state index in [9.17, 15) is 15.3 Å². The number of amides is 2. The standard InChI is InChI=1S/C23H36N6O/c1-6-9-29-16-20(26-23(30)28(7-2)8-3)10-17-11-21(19(13-24)14-25)18(12-22(17)29)15-27(4)5/h15,17,20,22H,6-12,16H2,1-5H3,(H,26,30)/t17-,20+,22-/m1/s1. The van der Waals surface area contributed by atoms with Gasteiger partial charge in [0.05, 0.1) is 0 Å². The van der Waals surface area contributed by atoms with Crippen molar-refractivity contribution in [3.05, 3.63) is 22.9 Å². The van der Waals surface area contributed by atoms with Crippen LogP contribution in [-0.4, -0.2) is 73.1 Å². The van der Waals surface area contributed by atoms with E-state index < -0.39 is 0 Å². The van der Waals surface area contributed by atoms with Crippen LogP contribution in [0.2, 0.25) is 0 Å². The first-order valence-electron chi connectivity index (χ1n) is 11.1. The molecule has 0 radical (unpaired) electrons. The second kappa shape index (κ2) is 11.0. The Morgan fingerprint density at radius 2 is 1.87 bits per heavy atom. The SMILES string of the molecule is CCCN1C[C@@H](NC(=O)N(CC)CC)C[C@@H]2CC(=C(C#N)C#N)C(=CN(C)C)C[C@H]21. The Labute approximate surface area is 181 Å². The minimum Gasteiger partial charge on any atom is -0.383 e. The Bertz CT molecular complexity index is 737. The van der Waals surface area contributed by atoms with Gasteiger partial charge in [0.1, 0.15) is 17.7 Å². The summed E-state index contributed by atoms with van der Waals surface area (Å²) in [5, 5.41) is 22.2. The molecule has 0 spiro atoms. The predicted octanol–water partition coefficient (Wildman–Crippen LogP) is 3.09. The van der Waals surface area contributed by atoms with Crippen molar-refractivity contribution in [1.29, 1.82) is 10.5 Å². The summed E-state index contributed by atoms with van der Waals surface area (Å²) in [5.41, 5.74) is 2.19. The molecule has 7 heteroatoms. The Balaban J connectivity index is 2.31. The Hall–Kier alpha value is -2.51. The second-order valence-corrected chi connectivity index (χ2v) is 8.48. The third kappa shape index (κ3) is 5.55. The molecule has 1 saturated carbocycles. The molecule has 3 atom stereocenters. The van der Waals surface area contributed by atoms with Crippen LogP contribution in [0.25, 0.3) is 0 Å². The summed E-state index contributed by atoms with van der Waals surface area (Å²) in [6.45, 7) is 9.38. The summed E-state index contributed by atoms with van der Waals surface area (Å²) in [4.78, 5) is 18.9. The van der Waals surface area contributed by atoms with E-state index in [1.54, 1.807) is 0 Å². The van der Waals surface area contributed by atoms with E-state index in [2.05, 4.69) is 35.5 Å². The second-order valence-electron chi connectivity index (χ2n) is 8.48. The fraction of sp³-hybridized carbons (Fsp3) is 0.696. The third-order valence-corrected chi connectivity index (χ3v) is 6.17. The van der Waals surface area contributed by atoms with E-state index in [0.29, 0.717) is 31.5 Å². The Morgan fingerprint density at radius 1 is 1.20 bits per heavy atom. The molecule has 2 aliphatic rings. The highest BCUT2D eigenvalue weighted by molar-refractivity contribution is 5.74. The average Bonchev–Trinajstić information content (AvgIpc) is 2.70. The zero-order chi connectivity index (χ0) is 22.3. The fourth-order valence-corrected chi connectivity index (χ4v) is 4.86. The van der Waals surface area contributed by atoms with Crippen molar-refractivity contribution in [1.82, 2.24) is 20.0 Å². The van der Waals surface area contributed by atoms with Gasteiger partial charge in [-0.2, -0.15) is 10.5 Å². The van der Waals surface area contributed by atoms with Gasteiger partial charge in [-0.25, -0.2) is 4.79 Å². The zero-order valence-corrected chi connectivity index (χ0v) is 19.1. The Morgan fingerprint density at radius 3 is 2.40 bits per heavy atom. The largest absolute Gasteiger partial charge is 0.383 e. The molecule has 0 aromatic rings. The average molecular weight is 413 g/mol. The molecule has 2 fully saturated rings. The van der Waals surface area contributed by atoms with Crippen molar-refractivity contribution in [3.63, 3.8) is 0 Å². The minimum atomic E-state index is -0.00518. The van der Waals surface area contributed by atoms with Crippen molar-refractivity contribution in [3.8, 4) is 12.1 Å². The van der Waals surface area contributed by atoms with Gasteiger partial charge in [-0.1, -0.05) is 6.92 Å². The van der Waals surface area contributed by atoms with Crippen LogP contribution < -0.4 is 5.32 Å². The summed E-state index contributed by atoms with van der Waals surface area (Å²) < 4.78 is 0. The number of allylic oxidation sites excluding steroid dienone is 2. The number of nitrogens with zero attached hydrogens (tertiary/aromatic N) is 5. The molecule has 1 saturated heterocycles. The molecule has 0 bridgehead atoms. The molecule has 0 aromatic heterocycles. The van der Waals surface area contributed by atoms with E-state index in [4.69, 9.17) is 0 Å². The lowest BCUT2D eigenvalue weighted by molar-refractivity contribution is 0.0627. The summed E-state index contributed by atoms with van der Waals surface area (Å²) in [5.74, 6) is 0.318.